The molecule has 0 radical (unpaired) electrons. The smallest absolute Gasteiger partial charge is 0.248 e. The minimum atomic E-state index is -0.552. The van der Waals surface area contributed by atoms with Crippen molar-refractivity contribution in [1.82, 2.24) is 14.5 Å². The lowest BCUT2D eigenvalue weighted by Crippen LogP contribution is -2.53. The van der Waals surface area contributed by atoms with Crippen LogP contribution in [-0.4, -0.2) is 46.1 Å². The Morgan fingerprint density at radius 2 is 2.24 bits per heavy atom. The number of piperidine rings is 1. The Morgan fingerprint density at radius 3 is 2.86 bits per heavy atom. The second-order valence-corrected chi connectivity index (χ2v) is 6.60. The molecular formula is C15H24N4O2. The van der Waals surface area contributed by atoms with Crippen LogP contribution < -0.4 is 5.73 Å². The van der Waals surface area contributed by atoms with E-state index in [2.05, 4.69) is 23.7 Å². The molecule has 1 saturated heterocycles. The van der Waals surface area contributed by atoms with Crippen molar-refractivity contribution in [3.63, 3.8) is 0 Å². The summed E-state index contributed by atoms with van der Waals surface area (Å²) >= 11 is 0. The van der Waals surface area contributed by atoms with Gasteiger partial charge in [0.05, 0.1) is 6.54 Å². The molecule has 0 bridgehead atoms. The maximum Gasteiger partial charge on any atom is 0.248 e. The summed E-state index contributed by atoms with van der Waals surface area (Å²) < 4.78 is 8.15. The molecular weight excluding hydrogens is 268 g/mol. The van der Waals surface area contributed by atoms with E-state index in [1.807, 2.05) is 10.8 Å². The van der Waals surface area contributed by atoms with Crippen molar-refractivity contribution >= 4 is 5.91 Å². The molecule has 1 aromatic rings. The molecule has 2 aliphatic heterocycles. The van der Waals surface area contributed by atoms with Crippen molar-refractivity contribution in [3.05, 3.63) is 18.2 Å². The first kappa shape index (κ1) is 14.5. The first-order chi connectivity index (χ1) is 10.00. The maximum atomic E-state index is 11.6. The van der Waals surface area contributed by atoms with Gasteiger partial charge in [0.1, 0.15) is 11.4 Å². The second-order valence-electron chi connectivity index (χ2n) is 6.60. The van der Waals surface area contributed by atoms with Crippen LogP contribution in [0.2, 0.25) is 0 Å². The monoisotopic (exact) mass is 292 g/mol. The number of carbonyl (C=O) groups is 1. The Kier molecular flexibility index (Phi) is 3.75. The molecule has 1 spiro atoms. The number of carbonyl (C=O) groups excluding carboxylic acids is 1. The van der Waals surface area contributed by atoms with Crippen molar-refractivity contribution in [2.75, 3.05) is 19.6 Å². The normalized spacial score (nSPS) is 25.2. The van der Waals surface area contributed by atoms with Crippen LogP contribution in [0.5, 0.6) is 0 Å². The van der Waals surface area contributed by atoms with E-state index in [1.165, 1.54) is 0 Å². The highest BCUT2D eigenvalue weighted by atomic mass is 16.5. The predicted octanol–water partition coefficient (Wildman–Crippen LogP) is 0.714. The van der Waals surface area contributed by atoms with Gasteiger partial charge in [0.25, 0.3) is 0 Å². The summed E-state index contributed by atoms with van der Waals surface area (Å²) in [5.74, 6) is 1.22. The first-order valence-electron chi connectivity index (χ1n) is 7.71. The molecule has 1 amide bonds. The number of nitrogens with zero attached hydrogens (tertiary/aromatic N) is 3. The van der Waals surface area contributed by atoms with E-state index in [0.717, 1.165) is 38.3 Å². The minimum absolute atomic E-state index is 0.390. The van der Waals surface area contributed by atoms with Crippen LogP contribution in [0, 0.1) is 5.92 Å². The number of likely N-dealkylation sites (tertiary alicyclic amines) is 1. The number of nitrogens with two attached hydrogens (primary N) is 1. The highest BCUT2D eigenvalue weighted by Gasteiger charge is 2.46. The van der Waals surface area contributed by atoms with Gasteiger partial charge in [-0.15, -0.1) is 0 Å². The summed E-state index contributed by atoms with van der Waals surface area (Å²) in [6.45, 7) is 7.98. The van der Waals surface area contributed by atoms with Gasteiger partial charge in [0.15, 0.2) is 6.10 Å². The third-order valence-corrected chi connectivity index (χ3v) is 4.46. The lowest BCUT2D eigenvalue weighted by molar-refractivity contribution is -0.171. The maximum absolute atomic E-state index is 11.6. The number of rotatable bonds is 3. The Hall–Kier alpha value is -1.40. The molecule has 116 valence electrons. The SMILES string of the molecule is CC(C)CN1CCC2(CC1)OC(C(N)=O)Cn1ccnc12. The van der Waals surface area contributed by atoms with Gasteiger partial charge in [-0.1, -0.05) is 13.8 Å². The van der Waals surface area contributed by atoms with Gasteiger partial charge in [-0.05, 0) is 18.8 Å². The Bertz CT molecular complexity index is 517. The highest BCUT2D eigenvalue weighted by Crippen LogP contribution is 2.40. The molecule has 1 atom stereocenters. The summed E-state index contributed by atoms with van der Waals surface area (Å²) in [7, 11) is 0. The zero-order chi connectivity index (χ0) is 15.0. The molecule has 1 fully saturated rings. The quantitative estimate of drug-likeness (QED) is 0.890. The number of amides is 1. The van der Waals surface area contributed by atoms with Crippen LogP contribution in [0.4, 0.5) is 0 Å². The van der Waals surface area contributed by atoms with E-state index in [9.17, 15) is 4.79 Å². The van der Waals surface area contributed by atoms with Crippen LogP contribution in [0.3, 0.4) is 0 Å². The van der Waals surface area contributed by atoms with Crippen molar-refractivity contribution in [2.24, 2.45) is 11.7 Å². The molecule has 3 heterocycles. The molecule has 3 rings (SSSR count). The van der Waals surface area contributed by atoms with Gasteiger partial charge in [0.2, 0.25) is 5.91 Å². The summed E-state index contributed by atoms with van der Waals surface area (Å²) in [5.41, 5.74) is 5.02. The summed E-state index contributed by atoms with van der Waals surface area (Å²) in [5, 5.41) is 0. The van der Waals surface area contributed by atoms with Crippen LogP contribution >= 0.6 is 0 Å². The second kappa shape index (κ2) is 5.42. The number of primary amides is 1. The lowest BCUT2D eigenvalue weighted by Gasteiger charge is -2.45. The third kappa shape index (κ3) is 2.70. The Balaban J connectivity index is 1.80. The number of hydrogen-bond acceptors (Lipinski definition) is 4. The zero-order valence-corrected chi connectivity index (χ0v) is 12.8. The van der Waals surface area contributed by atoms with E-state index in [1.54, 1.807) is 6.20 Å². The molecule has 6 nitrogen and oxygen atoms in total. The number of imidazole rings is 1. The highest BCUT2D eigenvalue weighted by molar-refractivity contribution is 5.79. The topological polar surface area (TPSA) is 73.4 Å². The fourth-order valence-corrected chi connectivity index (χ4v) is 3.50. The summed E-state index contributed by atoms with van der Waals surface area (Å²) in [6, 6.07) is 0. The van der Waals surface area contributed by atoms with E-state index in [0.29, 0.717) is 12.5 Å². The fourth-order valence-electron chi connectivity index (χ4n) is 3.50. The average Bonchev–Trinajstić information content (AvgIpc) is 2.90. The molecule has 21 heavy (non-hydrogen) atoms. The molecule has 0 aromatic carbocycles. The molecule has 1 aromatic heterocycles. The van der Waals surface area contributed by atoms with Gasteiger partial charge in [0, 0.05) is 32.0 Å². The van der Waals surface area contributed by atoms with Crippen molar-refractivity contribution in [3.8, 4) is 0 Å². The van der Waals surface area contributed by atoms with Gasteiger partial charge < -0.3 is 19.9 Å². The number of fused-ring (bicyclic) bond motifs is 2. The molecule has 2 aliphatic rings. The molecule has 0 aliphatic carbocycles. The van der Waals surface area contributed by atoms with Gasteiger partial charge in [-0.2, -0.15) is 0 Å². The standard InChI is InChI=1S/C15H24N4O2/c1-11(2)9-18-6-3-15(4-7-18)14-17-5-8-19(14)10-12(21-15)13(16)20/h5,8,11-12H,3-4,6-7,9-10H2,1-2H3,(H2,16,20). The van der Waals surface area contributed by atoms with Crippen LogP contribution in [0.15, 0.2) is 12.4 Å². The van der Waals surface area contributed by atoms with E-state index < -0.39 is 17.6 Å². The molecule has 6 heteroatoms. The number of ether oxygens (including phenoxy) is 1. The summed E-state index contributed by atoms with van der Waals surface area (Å²) in [4.78, 5) is 18.5. The van der Waals surface area contributed by atoms with Gasteiger partial charge in [-0.25, -0.2) is 4.98 Å². The van der Waals surface area contributed by atoms with Gasteiger partial charge >= 0.3 is 0 Å². The van der Waals surface area contributed by atoms with Crippen molar-refractivity contribution in [1.29, 1.82) is 0 Å². The summed E-state index contributed by atoms with van der Waals surface area (Å²) in [6.07, 6.45) is 4.87. The van der Waals surface area contributed by atoms with Crippen molar-refractivity contribution in [2.45, 2.75) is 44.9 Å². The van der Waals surface area contributed by atoms with E-state index >= 15 is 0 Å². The lowest BCUT2D eigenvalue weighted by atomic mass is 9.88. The van der Waals surface area contributed by atoms with Crippen molar-refractivity contribution < 1.29 is 9.53 Å². The average molecular weight is 292 g/mol. The van der Waals surface area contributed by atoms with Crippen LogP contribution in [0.25, 0.3) is 0 Å². The first-order valence-corrected chi connectivity index (χ1v) is 7.71. The largest absolute Gasteiger partial charge is 0.367 e. The Labute approximate surface area is 125 Å². The number of aromatic nitrogens is 2. The predicted molar refractivity (Wildman–Crippen MR) is 78.5 cm³/mol. The van der Waals surface area contributed by atoms with Gasteiger partial charge in [-0.3, -0.25) is 4.79 Å². The van der Waals surface area contributed by atoms with Crippen LogP contribution in [-0.2, 0) is 21.7 Å². The number of hydrogen-bond donors (Lipinski definition) is 1. The minimum Gasteiger partial charge on any atom is -0.367 e. The third-order valence-electron chi connectivity index (χ3n) is 4.46. The molecule has 1 unspecified atom stereocenters. The molecule has 0 saturated carbocycles. The zero-order valence-electron chi connectivity index (χ0n) is 12.8. The fraction of sp³-hybridized carbons (Fsp3) is 0.733. The van der Waals surface area contributed by atoms with Crippen LogP contribution in [0.1, 0.15) is 32.5 Å². The Morgan fingerprint density at radius 1 is 1.52 bits per heavy atom. The van der Waals surface area contributed by atoms with E-state index in [-0.39, 0.29) is 0 Å². The molecule has 2 N–H and O–H groups in total. The van der Waals surface area contributed by atoms with E-state index in [4.69, 9.17) is 10.5 Å².